The van der Waals surface area contributed by atoms with E-state index in [4.69, 9.17) is 5.73 Å². The summed E-state index contributed by atoms with van der Waals surface area (Å²) in [5.41, 5.74) is 8.26. The van der Waals surface area contributed by atoms with Crippen LogP contribution in [0, 0.1) is 5.82 Å². The van der Waals surface area contributed by atoms with E-state index in [2.05, 4.69) is 9.88 Å². The molecule has 1 aromatic heterocycles. The van der Waals surface area contributed by atoms with Crippen molar-refractivity contribution >= 4 is 0 Å². The number of benzene rings is 1. The van der Waals surface area contributed by atoms with E-state index in [0.29, 0.717) is 0 Å². The summed E-state index contributed by atoms with van der Waals surface area (Å²) in [6.45, 7) is 2.71. The predicted octanol–water partition coefficient (Wildman–Crippen LogP) is 2.74. The summed E-state index contributed by atoms with van der Waals surface area (Å²) in [4.78, 5) is 6.28. The van der Waals surface area contributed by atoms with Crippen molar-refractivity contribution < 1.29 is 4.39 Å². The Morgan fingerprint density at radius 2 is 1.95 bits per heavy atom. The van der Waals surface area contributed by atoms with Gasteiger partial charge in [-0.15, -0.1) is 0 Å². The maximum absolute atomic E-state index is 13.0. The molecule has 2 rings (SSSR count). The van der Waals surface area contributed by atoms with Gasteiger partial charge in [0.05, 0.1) is 0 Å². The fourth-order valence-electron chi connectivity index (χ4n) is 2.50. The number of nitrogens with two attached hydrogens (primary N) is 1. The van der Waals surface area contributed by atoms with Crippen LogP contribution in [0.15, 0.2) is 48.8 Å². The SMILES string of the molecule is CC(N)C(c1ccc(F)cc1)N(C)Cc1cccnc1. The monoisotopic (exact) mass is 273 g/mol. The molecule has 0 spiro atoms. The molecule has 0 aliphatic carbocycles. The molecule has 4 heteroatoms. The second-order valence-electron chi connectivity index (χ2n) is 5.13. The van der Waals surface area contributed by atoms with Crippen LogP contribution in [0.4, 0.5) is 4.39 Å². The van der Waals surface area contributed by atoms with Gasteiger partial charge in [-0.2, -0.15) is 0 Å². The van der Waals surface area contributed by atoms with Crippen molar-refractivity contribution in [1.82, 2.24) is 9.88 Å². The second-order valence-corrected chi connectivity index (χ2v) is 5.13. The predicted molar refractivity (Wildman–Crippen MR) is 78.5 cm³/mol. The molecule has 2 N–H and O–H groups in total. The van der Waals surface area contributed by atoms with Crippen LogP contribution in [0.2, 0.25) is 0 Å². The van der Waals surface area contributed by atoms with Crippen molar-refractivity contribution in [3.05, 3.63) is 65.7 Å². The van der Waals surface area contributed by atoms with Gasteiger partial charge in [-0.25, -0.2) is 4.39 Å². The van der Waals surface area contributed by atoms with Gasteiger partial charge in [-0.05, 0) is 43.3 Å². The number of rotatable bonds is 5. The molecule has 0 saturated heterocycles. The Hall–Kier alpha value is -1.78. The molecular weight excluding hydrogens is 253 g/mol. The molecule has 0 aliphatic heterocycles. The van der Waals surface area contributed by atoms with Crippen LogP contribution in [0.3, 0.4) is 0 Å². The first-order valence-electron chi connectivity index (χ1n) is 6.68. The molecule has 0 radical (unpaired) electrons. The number of nitrogens with zero attached hydrogens (tertiary/aromatic N) is 2. The van der Waals surface area contributed by atoms with Gasteiger partial charge in [0.25, 0.3) is 0 Å². The van der Waals surface area contributed by atoms with Gasteiger partial charge in [0, 0.05) is 31.0 Å². The fraction of sp³-hybridized carbons (Fsp3) is 0.312. The summed E-state index contributed by atoms with van der Waals surface area (Å²) in [6.07, 6.45) is 3.60. The van der Waals surface area contributed by atoms with Crippen LogP contribution in [0.1, 0.15) is 24.1 Å². The van der Waals surface area contributed by atoms with E-state index < -0.39 is 0 Å². The van der Waals surface area contributed by atoms with Crippen LogP contribution < -0.4 is 5.73 Å². The minimum Gasteiger partial charge on any atom is -0.326 e. The third kappa shape index (κ3) is 3.62. The zero-order valence-electron chi connectivity index (χ0n) is 11.8. The second kappa shape index (κ2) is 6.59. The minimum atomic E-state index is -0.230. The van der Waals surface area contributed by atoms with Gasteiger partial charge >= 0.3 is 0 Å². The molecule has 20 heavy (non-hydrogen) atoms. The Labute approximate surface area is 119 Å². The van der Waals surface area contributed by atoms with E-state index >= 15 is 0 Å². The van der Waals surface area contributed by atoms with Crippen molar-refractivity contribution in [2.24, 2.45) is 5.73 Å². The number of hydrogen-bond acceptors (Lipinski definition) is 3. The highest BCUT2D eigenvalue weighted by Gasteiger charge is 2.21. The van der Waals surface area contributed by atoms with Crippen molar-refractivity contribution in [3.63, 3.8) is 0 Å². The number of pyridine rings is 1. The van der Waals surface area contributed by atoms with Gasteiger partial charge in [0.1, 0.15) is 5.82 Å². The molecule has 0 fully saturated rings. The molecule has 2 unspecified atom stereocenters. The smallest absolute Gasteiger partial charge is 0.123 e. The van der Waals surface area contributed by atoms with Crippen LogP contribution in [0.25, 0.3) is 0 Å². The molecule has 1 heterocycles. The van der Waals surface area contributed by atoms with Crippen LogP contribution in [-0.2, 0) is 6.54 Å². The molecular formula is C16H20FN3. The first-order valence-corrected chi connectivity index (χ1v) is 6.68. The molecule has 0 saturated carbocycles. The quantitative estimate of drug-likeness (QED) is 0.911. The minimum absolute atomic E-state index is 0.0378. The summed E-state index contributed by atoms with van der Waals surface area (Å²) in [5, 5.41) is 0. The number of halogens is 1. The van der Waals surface area contributed by atoms with E-state index in [9.17, 15) is 4.39 Å². The van der Waals surface area contributed by atoms with Gasteiger partial charge in [0.15, 0.2) is 0 Å². The standard InChI is InChI=1S/C16H20FN3/c1-12(18)16(14-5-7-15(17)8-6-14)20(2)11-13-4-3-9-19-10-13/h3-10,12,16H,11,18H2,1-2H3. The summed E-state index contributed by atoms with van der Waals surface area (Å²) >= 11 is 0. The Morgan fingerprint density at radius 3 is 2.50 bits per heavy atom. The lowest BCUT2D eigenvalue weighted by atomic mass is 9.99. The zero-order valence-corrected chi connectivity index (χ0v) is 11.8. The van der Waals surface area contributed by atoms with E-state index in [1.807, 2.05) is 32.3 Å². The van der Waals surface area contributed by atoms with Crippen LogP contribution >= 0.6 is 0 Å². The topological polar surface area (TPSA) is 42.1 Å². The van der Waals surface area contributed by atoms with Crippen LogP contribution in [0.5, 0.6) is 0 Å². The number of likely N-dealkylation sites (N-methyl/N-ethyl adjacent to an activating group) is 1. The van der Waals surface area contributed by atoms with Gasteiger partial charge in [0.2, 0.25) is 0 Å². The Kier molecular flexibility index (Phi) is 4.82. The average Bonchev–Trinajstić information content (AvgIpc) is 2.42. The van der Waals surface area contributed by atoms with E-state index in [0.717, 1.165) is 17.7 Å². The fourth-order valence-corrected chi connectivity index (χ4v) is 2.50. The van der Waals surface area contributed by atoms with Crippen molar-refractivity contribution in [1.29, 1.82) is 0 Å². The largest absolute Gasteiger partial charge is 0.326 e. The van der Waals surface area contributed by atoms with E-state index in [-0.39, 0.29) is 17.9 Å². The molecule has 0 bridgehead atoms. The maximum atomic E-state index is 13.0. The lowest BCUT2D eigenvalue weighted by Crippen LogP contribution is -2.37. The Balaban J connectivity index is 2.18. The summed E-state index contributed by atoms with van der Waals surface area (Å²) < 4.78 is 13.0. The highest BCUT2D eigenvalue weighted by Crippen LogP contribution is 2.24. The van der Waals surface area contributed by atoms with Gasteiger partial charge in [-0.3, -0.25) is 9.88 Å². The van der Waals surface area contributed by atoms with E-state index in [1.165, 1.54) is 12.1 Å². The lowest BCUT2D eigenvalue weighted by Gasteiger charge is -2.31. The molecule has 2 atom stereocenters. The highest BCUT2D eigenvalue weighted by atomic mass is 19.1. The average molecular weight is 273 g/mol. The summed E-state index contributed by atoms with van der Waals surface area (Å²) in [5.74, 6) is -0.230. The zero-order chi connectivity index (χ0) is 14.5. The number of aromatic nitrogens is 1. The van der Waals surface area contributed by atoms with Crippen molar-refractivity contribution in [2.75, 3.05) is 7.05 Å². The van der Waals surface area contributed by atoms with Gasteiger partial charge < -0.3 is 5.73 Å². The van der Waals surface area contributed by atoms with Gasteiger partial charge in [-0.1, -0.05) is 18.2 Å². The highest BCUT2D eigenvalue weighted by molar-refractivity contribution is 5.22. The summed E-state index contributed by atoms with van der Waals surface area (Å²) in [6, 6.07) is 10.5. The Morgan fingerprint density at radius 1 is 1.25 bits per heavy atom. The number of hydrogen-bond donors (Lipinski definition) is 1. The maximum Gasteiger partial charge on any atom is 0.123 e. The molecule has 106 valence electrons. The van der Waals surface area contributed by atoms with Crippen LogP contribution in [-0.4, -0.2) is 23.0 Å². The lowest BCUT2D eigenvalue weighted by molar-refractivity contribution is 0.210. The summed E-state index contributed by atoms with van der Waals surface area (Å²) in [7, 11) is 2.02. The first-order chi connectivity index (χ1) is 9.58. The normalized spacial score (nSPS) is 14.2. The molecule has 0 aliphatic rings. The molecule has 2 aromatic rings. The third-order valence-electron chi connectivity index (χ3n) is 3.34. The van der Waals surface area contributed by atoms with Crippen molar-refractivity contribution in [3.8, 4) is 0 Å². The molecule has 3 nitrogen and oxygen atoms in total. The van der Waals surface area contributed by atoms with Crippen molar-refractivity contribution in [2.45, 2.75) is 25.6 Å². The third-order valence-corrected chi connectivity index (χ3v) is 3.34. The first kappa shape index (κ1) is 14.6. The molecule has 0 amide bonds. The van der Waals surface area contributed by atoms with E-state index in [1.54, 1.807) is 18.3 Å². The molecule has 1 aromatic carbocycles. The Bertz CT molecular complexity index is 525.